The molecule has 0 heterocycles. The van der Waals surface area contributed by atoms with Crippen LogP contribution in [0.5, 0.6) is 0 Å². The van der Waals surface area contributed by atoms with Gasteiger partial charge in [-0.25, -0.2) is 0 Å². The monoisotopic (exact) mass is 386 g/mol. The van der Waals surface area contributed by atoms with Crippen molar-refractivity contribution >= 4 is 18.7 Å². The SMILES string of the molecule is CC(C)(C)[Si](OCC[C@@H](CO)CCCO)(c1ccccc1)c1ccccc1. The molecule has 0 spiro atoms. The van der Waals surface area contributed by atoms with Gasteiger partial charge in [-0.1, -0.05) is 81.4 Å². The lowest BCUT2D eigenvalue weighted by Gasteiger charge is -2.43. The quantitative estimate of drug-likeness (QED) is 0.616. The first-order chi connectivity index (χ1) is 13.0. The Labute approximate surface area is 165 Å². The van der Waals surface area contributed by atoms with Gasteiger partial charge in [-0.3, -0.25) is 0 Å². The summed E-state index contributed by atoms with van der Waals surface area (Å²) in [6.45, 7) is 7.75. The Morgan fingerprint density at radius 3 is 1.78 bits per heavy atom. The summed E-state index contributed by atoms with van der Waals surface area (Å²) in [6.07, 6.45) is 2.36. The van der Waals surface area contributed by atoms with E-state index in [4.69, 9.17) is 9.53 Å². The van der Waals surface area contributed by atoms with Crippen molar-refractivity contribution in [3.8, 4) is 0 Å². The van der Waals surface area contributed by atoms with Gasteiger partial charge < -0.3 is 14.6 Å². The third kappa shape index (κ3) is 5.29. The fourth-order valence-corrected chi connectivity index (χ4v) is 8.43. The third-order valence-corrected chi connectivity index (χ3v) is 10.3. The van der Waals surface area contributed by atoms with Crippen LogP contribution in [0.1, 0.15) is 40.0 Å². The normalized spacial score (nSPS) is 13.5. The molecule has 4 heteroatoms. The average Bonchev–Trinajstić information content (AvgIpc) is 2.68. The van der Waals surface area contributed by atoms with Crippen LogP contribution in [0.3, 0.4) is 0 Å². The van der Waals surface area contributed by atoms with Gasteiger partial charge in [-0.2, -0.15) is 0 Å². The zero-order valence-electron chi connectivity index (χ0n) is 16.9. The van der Waals surface area contributed by atoms with E-state index in [1.54, 1.807) is 0 Å². The Kier molecular flexibility index (Phi) is 8.23. The molecule has 0 aromatic heterocycles. The van der Waals surface area contributed by atoms with E-state index in [1.807, 2.05) is 12.1 Å². The zero-order valence-corrected chi connectivity index (χ0v) is 17.9. The number of aliphatic hydroxyl groups is 2. The number of aliphatic hydroxyl groups excluding tert-OH is 2. The third-order valence-electron chi connectivity index (χ3n) is 5.29. The summed E-state index contributed by atoms with van der Waals surface area (Å²) in [5, 5.41) is 21.2. The highest BCUT2D eigenvalue weighted by Gasteiger charge is 2.49. The molecule has 2 aromatic carbocycles. The summed E-state index contributed by atoms with van der Waals surface area (Å²) in [7, 11) is -2.49. The maximum Gasteiger partial charge on any atom is 0.261 e. The molecule has 0 aliphatic heterocycles. The lowest BCUT2D eigenvalue weighted by Crippen LogP contribution is -2.66. The van der Waals surface area contributed by atoms with Crippen molar-refractivity contribution in [1.29, 1.82) is 0 Å². The van der Waals surface area contributed by atoms with Crippen LogP contribution >= 0.6 is 0 Å². The molecule has 0 bridgehead atoms. The molecule has 148 valence electrons. The van der Waals surface area contributed by atoms with Crippen LogP contribution in [0.4, 0.5) is 0 Å². The molecule has 3 nitrogen and oxygen atoms in total. The molecular formula is C23H34O3Si. The maximum atomic E-state index is 9.65. The average molecular weight is 387 g/mol. The van der Waals surface area contributed by atoms with Crippen molar-refractivity contribution in [2.75, 3.05) is 19.8 Å². The van der Waals surface area contributed by atoms with E-state index in [-0.39, 0.29) is 24.2 Å². The molecular weight excluding hydrogens is 352 g/mol. The Morgan fingerprint density at radius 2 is 1.37 bits per heavy atom. The van der Waals surface area contributed by atoms with E-state index >= 15 is 0 Å². The minimum atomic E-state index is -2.49. The summed E-state index contributed by atoms with van der Waals surface area (Å²) >= 11 is 0. The van der Waals surface area contributed by atoms with E-state index in [9.17, 15) is 5.11 Å². The molecule has 0 saturated heterocycles. The smallest absolute Gasteiger partial charge is 0.261 e. The molecule has 0 radical (unpaired) electrons. The number of rotatable bonds is 10. The van der Waals surface area contributed by atoms with Gasteiger partial charge >= 0.3 is 0 Å². The van der Waals surface area contributed by atoms with E-state index in [1.165, 1.54) is 10.4 Å². The molecule has 0 unspecified atom stereocenters. The highest BCUT2D eigenvalue weighted by atomic mass is 28.4. The number of benzene rings is 2. The molecule has 0 aliphatic rings. The molecule has 2 aromatic rings. The second-order valence-electron chi connectivity index (χ2n) is 8.21. The molecule has 27 heavy (non-hydrogen) atoms. The first kappa shape index (κ1) is 21.8. The van der Waals surface area contributed by atoms with Gasteiger partial charge in [0.15, 0.2) is 0 Å². The second kappa shape index (κ2) is 10.2. The zero-order chi connectivity index (χ0) is 19.8. The first-order valence-corrected chi connectivity index (χ1v) is 11.8. The second-order valence-corrected chi connectivity index (χ2v) is 12.5. The predicted octanol–water partition coefficient (Wildman–Crippen LogP) is 3.33. The van der Waals surface area contributed by atoms with Crippen LogP contribution in [-0.4, -0.2) is 38.4 Å². The van der Waals surface area contributed by atoms with Crippen molar-refractivity contribution in [2.24, 2.45) is 5.92 Å². The standard InChI is InChI=1S/C23H34O3Si/c1-23(2,3)27(21-12-6-4-7-13-21,22-14-8-5-9-15-22)26-18-16-20(19-25)11-10-17-24/h4-9,12-15,20,24-25H,10-11,16-19H2,1-3H3/t20-/m0/s1. The van der Waals surface area contributed by atoms with Gasteiger partial charge in [0.2, 0.25) is 0 Å². The van der Waals surface area contributed by atoms with E-state index in [0.29, 0.717) is 6.61 Å². The van der Waals surface area contributed by atoms with E-state index < -0.39 is 8.32 Å². The fraction of sp³-hybridized carbons (Fsp3) is 0.478. The first-order valence-electron chi connectivity index (χ1n) is 9.92. The maximum absolute atomic E-state index is 9.65. The van der Waals surface area contributed by atoms with Gasteiger partial charge in [0.25, 0.3) is 8.32 Å². The topological polar surface area (TPSA) is 49.7 Å². The Balaban J connectivity index is 2.35. The molecule has 0 fully saturated rings. The van der Waals surface area contributed by atoms with Gasteiger partial charge in [0.1, 0.15) is 0 Å². The Morgan fingerprint density at radius 1 is 0.852 bits per heavy atom. The van der Waals surface area contributed by atoms with Crippen molar-refractivity contribution in [1.82, 2.24) is 0 Å². The molecule has 2 N–H and O–H groups in total. The molecule has 0 amide bonds. The highest BCUT2D eigenvalue weighted by Crippen LogP contribution is 2.37. The summed E-state index contributed by atoms with van der Waals surface area (Å²) in [6, 6.07) is 21.2. The Hall–Kier alpha value is -1.46. The van der Waals surface area contributed by atoms with Crippen LogP contribution in [0.25, 0.3) is 0 Å². The van der Waals surface area contributed by atoms with Crippen LogP contribution in [0.2, 0.25) is 5.04 Å². The predicted molar refractivity (Wildman–Crippen MR) is 115 cm³/mol. The van der Waals surface area contributed by atoms with Crippen LogP contribution in [-0.2, 0) is 4.43 Å². The lowest BCUT2D eigenvalue weighted by molar-refractivity contribution is 0.170. The van der Waals surface area contributed by atoms with Crippen molar-refractivity contribution in [3.05, 3.63) is 60.7 Å². The summed E-state index contributed by atoms with van der Waals surface area (Å²) in [5.41, 5.74) is 0. The minimum Gasteiger partial charge on any atom is -0.407 e. The van der Waals surface area contributed by atoms with Crippen molar-refractivity contribution in [3.63, 3.8) is 0 Å². The van der Waals surface area contributed by atoms with Gasteiger partial charge in [-0.15, -0.1) is 0 Å². The van der Waals surface area contributed by atoms with Crippen LogP contribution in [0.15, 0.2) is 60.7 Å². The summed E-state index contributed by atoms with van der Waals surface area (Å²) < 4.78 is 6.84. The van der Waals surface area contributed by atoms with Gasteiger partial charge in [0.05, 0.1) is 0 Å². The van der Waals surface area contributed by atoms with Crippen molar-refractivity contribution < 1.29 is 14.6 Å². The summed E-state index contributed by atoms with van der Waals surface area (Å²) in [4.78, 5) is 0. The molecule has 0 aliphatic carbocycles. The molecule has 1 atom stereocenters. The van der Waals surface area contributed by atoms with Gasteiger partial charge in [-0.05, 0) is 40.6 Å². The molecule has 0 saturated carbocycles. The van der Waals surface area contributed by atoms with Crippen molar-refractivity contribution in [2.45, 2.75) is 45.1 Å². The number of hydrogen-bond donors (Lipinski definition) is 2. The fourth-order valence-electron chi connectivity index (χ4n) is 3.85. The number of hydrogen-bond acceptors (Lipinski definition) is 3. The highest BCUT2D eigenvalue weighted by molar-refractivity contribution is 6.99. The minimum absolute atomic E-state index is 0.0322. The van der Waals surface area contributed by atoms with Crippen LogP contribution < -0.4 is 10.4 Å². The molecule has 2 rings (SSSR count). The summed E-state index contributed by atoms with van der Waals surface area (Å²) in [5.74, 6) is 0.176. The largest absolute Gasteiger partial charge is 0.407 e. The lowest BCUT2D eigenvalue weighted by atomic mass is 10.0. The van der Waals surface area contributed by atoms with Gasteiger partial charge in [0, 0.05) is 19.8 Å². The van der Waals surface area contributed by atoms with E-state index in [2.05, 4.69) is 69.3 Å². The van der Waals surface area contributed by atoms with Crippen LogP contribution in [0, 0.1) is 5.92 Å². The Bertz CT molecular complexity index is 613. The van der Waals surface area contributed by atoms with E-state index in [0.717, 1.165) is 19.3 Å².